The largest absolute Gasteiger partial charge is 0.493 e. The van der Waals surface area contributed by atoms with E-state index in [1.54, 1.807) is 54.7 Å². The van der Waals surface area contributed by atoms with Crippen LogP contribution in [0.25, 0.3) is 0 Å². The maximum atomic E-state index is 12.7. The molecule has 0 aliphatic carbocycles. The first-order chi connectivity index (χ1) is 14.5. The summed E-state index contributed by atoms with van der Waals surface area (Å²) in [7, 11) is 4.46. The molecule has 2 amide bonds. The van der Waals surface area contributed by atoms with Gasteiger partial charge in [0.1, 0.15) is 0 Å². The van der Waals surface area contributed by atoms with Crippen LogP contribution in [0.4, 0.5) is 11.4 Å². The fourth-order valence-electron chi connectivity index (χ4n) is 2.75. The van der Waals surface area contributed by atoms with Crippen molar-refractivity contribution >= 4 is 23.2 Å². The Morgan fingerprint density at radius 2 is 1.30 bits per heavy atom. The number of anilines is 2. The molecule has 3 rings (SSSR count). The highest BCUT2D eigenvalue weighted by molar-refractivity contribution is 6.06. The molecule has 0 bridgehead atoms. The maximum Gasteiger partial charge on any atom is 0.257 e. The molecular weight excluding hydrogens is 386 g/mol. The van der Waals surface area contributed by atoms with Crippen molar-refractivity contribution in [1.82, 2.24) is 4.98 Å². The highest BCUT2D eigenvalue weighted by Gasteiger charge is 2.17. The second-order valence-electron chi connectivity index (χ2n) is 6.14. The van der Waals surface area contributed by atoms with Crippen molar-refractivity contribution in [3.63, 3.8) is 0 Å². The molecule has 2 N–H and O–H groups in total. The van der Waals surface area contributed by atoms with Crippen LogP contribution in [0.2, 0.25) is 0 Å². The predicted octanol–water partition coefficient (Wildman–Crippen LogP) is 3.61. The van der Waals surface area contributed by atoms with Gasteiger partial charge in [0.2, 0.25) is 5.75 Å². The monoisotopic (exact) mass is 407 g/mol. The zero-order chi connectivity index (χ0) is 21.5. The lowest BCUT2D eigenvalue weighted by Gasteiger charge is -2.14. The number of hydrogen-bond donors (Lipinski definition) is 2. The number of carbonyl (C=O) groups excluding carboxylic acids is 2. The highest BCUT2D eigenvalue weighted by atomic mass is 16.5. The molecule has 0 atom stereocenters. The Balaban J connectivity index is 1.71. The van der Waals surface area contributed by atoms with Crippen LogP contribution < -0.4 is 24.8 Å². The number of aromatic nitrogens is 1. The van der Waals surface area contributed by atoms with E-state index in [1.165, 1.54) is 27.5 Å². The van der Waals surface area contributed by atoms with Crippen molar-refractivity contribution in [3.05, 3.63) is 72.1 Å². The van der Waals surface area contributed by atoms with Crippen molar-refractivity contribution in [2.24, 2.45) is 0 Å². The Labute approximate surface area is 173 Å². The number of rotatable bonds is 7. The number of nitrogens with zero attached hydrogens (tertiary/aromatic N) is 1. The van der Waals surface area contributed by atoms with Gasteiger partial charge in [-0.2, -0.15) is 0 Å². The molecule has 0 fully saturated rings. The smallest absolute Gasteiger partial charge is 0.257 e. The van der Waals surface area contributed by atoms with Crippen molar-refractivity contribution < 1.29 is 23.8 Å². The summed E-state index contributed by atoms with van der Waals surface area (Å²) in [5.41, 5.74) is 1.96. The molecule has 8 nitrogen and oxygen atoms in total. The second kappa shape index (κ2) is 9.42. The Bertz CT molecular complexity index is 1010. The fraction of sp³-hybridized carbons (Fsp3) is 0.136. The maximum absolute atomic E-state index is 12.7. The predicted molar refractivity (Wildman–Crippen MR) is 113 cm³/mol. The first-order valence-electron chi connectivity index (χ1n) is 8.98. The Morgan fingerprint density at radius 3 is 1.73 bits per heavy atom. The minimum absolute atomic E-state index is 0.266. The lowest BCUT2D eigenvalue weighted by molar-refractivity contribution is 0.101. The van der Waals surface area contributed by atoms with E-state index in [0.29, 0.717) is 39.8 Å². The van der Waals surface area contributed by atoms with Crippen molar-refractivity contribution in [1.29, 1.82) is 0 Å². The van der Waals surface area contributed by atoms with Gasteiger partial charge in [0.15, 0.2) is 11.5 Å². The molecule has 0 spiro atoms. The number of carbonyl (C=O) groups is 2. The first-order valence-corrected chi connectivity index (χ1v) is 8.98. The number of amides is 2. The molecule has 2 aromatic carbocycles. The van der Waals surface area contributed by atoms with Gasteiger partial charge in [0.05, 0.1) is 26.9 Å². The molecular formula is C22H21N3O5. The Morgan fingerprint density at radius 1 is 0.767 bits per heavy atom. The second-order valence-corrected chi connectivity index (χ2v) is 6.14. The highest BCUT2D eigenvalue weighted by Crippen LogP contribution is 2.38. The molecule has 0 saturated heterocycles. The molecule has 30 heavy (non-hydrogen) atoms. The van der Waals surface area contributed by atoms with E-state index in [-0.39, 0.29) is 11.8 Å². The van der Waals surface area contributed by atoms with Crippen LogP contribution >= 0.6 is 0 Å². The van der Waals surface area contributed by atoms with Crippen molar-refractivity contribution in [2.45, 2.75) is 0 Å². The van der Waals surface area contributed by atoms with Crippen LogP contribution in [0.5, 0.6) is 17.2 Å². The molecule has 0 radical (unpaired) electrons. The average molecular weight is 407 g/mol. The third kappa shape index (κ3) is 4.67. The number of pyridine rings is 1. The Kier molecular flexibility index (Phi) is 6.49. The van der Waals surface area contributed by atoms with Gasteiger partial charge in [-0.1, -0.05) is 0 Å². The zero-order valence-electron chi connectivity index (χ0n) is 16.8. The van der Waals surface area contributed by atoms with Crippen LogP contribution in [0.1, 0.15) is 20.7 Å². The van der Waals surface area contributed by atoms with Crippen LogP contribution in [0, 0.1) is 0 Å². The van der Waals surface area contributed by atoms with Gasteiger partial charge >= 0.3 is 0 Å². The van der Waals surface area contributed by atoms with E-state index >= 15 is 0 Å². The number of methoxy groups -OCH3 is 3. The zero-order valence-corrected chi connectivity index (χ0v) is 16.8. The minimum atomic E-state index is -0.346. The lowest BCUT2D eigenvalue weighted by atomic mass is 10.1. The number of hydrogen-bond acceptors (Lipinski definition) is 6. The number of benzene rings is 2. The van der Waals surface area contributed by atoms with Gasteiger partial charge in [-0.05, 0) is 48.5 Å². The molecule has 0 unspecified atom stereocenters. The molecule has 154 valence electrons. The molecule has 0 aliphatic heterocycles. The lowest BCUT2D eigenvalue weighted by Crippen LogP contribution is -2.13. The molecule has 3 aromatic rings. The third-order valence-electron chi connectivity index (χ3n) is 4.25. The van der Waals surface area contributed by atoms with Gasteiger partial charge < -0.3 is 24.8 Å². The number of ether oxygens (including phenoxy) is 3. The Hall–Kier alpha value is -4.07. The molecule has 8 heteroatoms. The molecule has 1 aromatic heterocycles. The van der Waals surface area contributed by atoms with Crippen molar-refractivity contribution in [3.8, 4) is 17.2 Å². The van der Waals surface area contributed by atoms with E-state index in [0.717, 1.165) is 0 Å². The molecule has 0 aliphatic rings. The van der Waals surface area contributed by atoms with Gasteiger partial charge in [-0.25, -0.2) is 0 Å². The number of nitrogens with one attached hydrogen (secondary N) is 2. The van der Waals surface area contributed by atoms with Crippen molar-refractivity contribution in [2.75, 3.05) is 32.0 Å². The summed E-state index contributed by atoms with van der Waals surface area (Å²) in [6.45, 7) is 0. The van der Waals surface area contributed by atoms with Crippen LogP contribution in [0.3, 0.4) is 0 Å². The summed E-state index contributed by atoms with van der Waals surface area (Å²) in [5.74, 6) is 0.565. The standard InChI is InChI=1S/C22H21N3O5/c1-28-18-11-15(12-19(29-2)20(18)30-3)22(27)25-17-8-6-16(7-9-17)24-21(26)14-5-4-10-23-13-14/h4-13H,1-3H3,(H,24,26)(H,25,27). The van der Waals surface area contributed by atoms with E-state index in [2.05, 4.69) is 15.6 Å². The van der Waals surface area contributed by atoms with E-state index in [4.69, 9.17) is 14.2 Å². The topological polar surface area (TPSA) is 98.8 Å². The fourth-order valence-corrected chi connectivity index (χ4v) is 2.75. The van der Waals surface area contributed by atoms with Crippen LogP contribution in [0.15, 0.2) is 60.9 Å². The summed E-state index contributed by atoms with van der Waals surface area (Å²) < 4.78 is 15.8. The van der Waals surface area contributed by atoms with Gasteiger partial charge in [0, 0.05) is 29.3 Å². The summed E-state index contributed by atoms with van der Waals surface area (Å²) in [4.78, 5) is 28.8. The van der Waals surface area contributed by atoms with Crippen LogP contribution in [-0.2, 0) is 0 Å². The molecule has 0 saturated carbocycles. The summed E-state index contributed by atoms with van der Waals surface area (Å²) in [6.07, 6.45) is 3.09. The molecule has 1 heterocycles. The summed E-state index contributed by atoms with van der Waals surface area (Å²) in [5, 5.41) is 5.57. The van der Waals surface area contributed by atoms with Gasteiger partial charge in [0.25, 0.3) is 11.8 Å². The SMILES string of the molecule is COc1cc(C(=O)Nc2ccc(NC(=O)c3cccnc3)cc2)cc(OC)c1OC. The third-order valence-corrected chi connectivity index (χ3v) is 4.25. The quantitative estimate of drug-likeness (QED) is 0.621. The van der Waals surface area contributed by atoms with Gasteiger partial charge in [-0.3, -0.25) is 14.6 Å². The minimum Gasteiger partial charge on any atom is -0.493 e. The average Bonchev–Trinajstić information content (AvgIpc) is 2.79. The van der Waals surface area contributed by atoms with E-state index < -0.39 is 0 Å². The summed E-state index contributed by atoms with van der Waals surface area (Å²) in [6, 6.07) is 13.3. The van der Waals surface area contributed by atoms with Crippen LogP contribution in [-0.4, -0.2) is 38.1 Å². The van der Waals surface area contributed by atoms with Gasteiger partial charge in [-0.15, -0.1) is 0 Å². The normalized spacial score (nSPS) is 10.1. The summed E-state index contributed by atoms with van der Waals surface area (Å²) >= 11 is 0. The van der Waals surface area contributed by atoms with E-state index in [1.807, 2.05) is 0 Å². The first kappa shape index (κ1) is 20.7. The van der Waals surface area contributed by atoms with E-state index in [9.17, 15) is 9.59 Å².